The predicted molar refractivity (Wildman–Crippen MR) is 31.3 cm³/mol. The Labute approximate surface area is 49.7 Å². The molecule has 1 aliphatic heterocycles. The smallest absolute Gasteiger partial charge is 0.0642 e. The molecule has 1 aliphatic rings. The predicted octanol–water partition coefficient (Wildman–Crippen LogP) is 0.265. The second kappa shape index (κ2) is 2.72. The fourth-order valence-corrected chi connectivity index (χ4v) is 0.727. The Bertz CT molecular complexity index is 76.6. The summed E-state index contributed by atoms with van der Waals surface area (Å²) in [5.41, 5.74) is 0. The number of hydrogen-bond donors (Lipinski definition) is 0. The quantitative estimate of drug-likeness (QED) is 0.482. The van der Waals surface area contributed by atoms with Gasteiger partial charge in [-0.15, -0.1) is 0 Å². The fourth-order valence-electron chi connectivity index (χ4n) is 0.727. The maximum atomic E-state index is 5.25. The third kappa shape index (κ3) is 1.23. The highest BCUT2D eigenvalue weighted by Gasteiger charge is 2.03. The maximum Gasteiger partial charge on any atom is 0.0642 e. The van der Waals surface area contributed by atoms with Crippen molar-refractivity contribution >= 4 is 0 Å². The third-order valence-electron chi connectivity index (χ3n) is 1.26. The van der Waals surface area contributed by atoms with Crippen LogP contribution in [0.4, 0.5) is 0 Å². The molecular weight excluding hydrogens is 102 g/mol. The first-order valence-corrected chi connectivity index (χ1v) is 2.80. The molecule has 8 heavy (non-hydrogen) atoms. The van der Waals surface area contributed by atoms with Gasteiger partial charge in [-0.05, 0) is 12.8 Å². The average molecular weight is 112 g/mol. The van der Waals surface area contributed by atoms with Crippen molar-refractivity contribution in [3.63, 3.8) is 0 Å². The summed E-state index contributed by atoms with van der Waals surface area (Å²) in [4.78, 5) is 2.05. The summed E-state index contributed by atoms with van der Waals surface area (Å²) in [6.07, 6.45) is 1.61. The van der Waals surface area contributed by atoms with E-state index in [0.29, 0.717) is 0 Å². The van der Waals surface area contributed by atoms with E-state index in [9.17, 15) is 0 Å². The molecule has 0 saturated carbocycles. The molecule has 1 rings (SSSR count). The summed E-state index contributed by atoms with van der Waals surface area (Å²) in [7, 11) is 0. The van der Waals surface area contributed by atoms with E-state index >= 15 is 0 Å². The zero-order valence-corrected chi connectivity index (χ0v) is 4.84. The standard InChI is InChI=1S/C6H10NO/c1-2-7-3-5-8-6-4-7/h1-2H,3-6H2. The molecule has 0 amide bonds. The van der Waals surface area contributed by atoms with Crippen molar-refractivity contribution in [1.29, 1.82) is 0 Å². The molecule has 1 heterocycles. The lowest BCUT2D eigenvalue weighted by Crippen LogP contribution is -2.31. The summed E-state index contributed by atoms with van der Waals surface area (Å²) >= 11 is 0. The van der Waals surface area contributed by atoms with E-state index in [0.717, 1.165) is 26.3 Å². The van der Waals surface area contributed by atoms with Crippen LogP contribution in [0.15, 0.2) is 6.20 Å². The molecule has 1 saturated heterocycles. The minimum absolute atomic E-state index is 0.813. The molecule has 0 unspecified atom stereocenters. The van der Waals surface area contributed by atoms with E-state index in [1.165, 1.54) is 0 Å². The van der Waals surface area contributed by atoms with E-state index in [2.05, 4.69) is 0 Å². The van der Waals surface area contributed by atoms with Crippen molar-refractivity contribution in [2.45, 2.75) is 0 Å². The highest BCUT2D eigenvalue weighted by molar-refractivity contribution is 4.69. The number of hydrogen-bond acceptors (Lipinski definition) is 2. The molecule has 0 atom stereocenters. The minimum Gasteiger partial charge on any atom is -0.378 e. The Balaban J connectivity index is 2.22. The normalized spacial score (nSPS) is 20.8. The summed E-state index contributed by atoms with van der Waals surface area (Å²) in [5.74, 6) is 0. The van der Waals surface area contributed by atoms with Gasteiger partial charge in [-0.2, -0.15) is 0 Å². The first-order chi connectivity index (χ1) is 3.93. The van der Waals surface area contributed by atoms with Crippen LogP contribution in [0, 0.1) is 6.58 Å². The Kier molecular flexibility index (Phi) is 1.92. The molecule has 0 N–H and O–H groups in total. The number of ether oxygens (including phenoxy) is 1. The van der Waals surface area contributed by atoms with Gasteiger partial charge < -0.3 is 9.64 Å². The third-order valence-corrected chi connectivity index (χ3v) is 1.26. The van der Waals surface area contributed by atoms with Gasteiger partial charge in [0.1, 0.15) is 0 Å². The Morgan fingerprint density at radius 1 is 1.38 bits per heavy atom. The average Bonchev–Trinajstić information content (AvgIpc) is 1.90. The molecule has 1 fully saturated rings. The summed E-state index contributed by atoms with van der Waals surface area (Å²) < 4.78 is 5.08. The Morgan fingerprint density at radius 3 is 2.38 bits per heavy atom. The van der Waals surface area contributed by atoms with Crippen LogP contribution in [0.2, 0.25) is 0 Å². The van der Waals surface area contributed by atoms with Crippen LogP contribution in [-0.2, 0) is 4.74 Å². The zero-order valence-electron chi connectivity index (χ0n) is 4.84. The van der Waals surface area contributed by atoms with Crippen LogP contribution in [0.3, 0.4) is 0 Å². The monoisotopic (exact) mass is 112 g/mol. The molecule has 0 spiro atoms. The van der Waals surface area contributed by atoms with Crippen LogP contribution in [0.25, 0.3) is 0 Å². The second-order valence-corrected chi connectivity index (χ2v) is 1.80. The van der Waals surface area contributed by atoms with Gasteiger partial charge in [0.15, 0.2) is 0 Å². The first kappa shape index (κ1) is 5.63. The maximum absolute atomic E-state index is 5.25. The van der Waals surface area contributed by atoms with E-state index in [4.69, 9.17) is 11.3 Å². The summed E-state index contributed by atoms with van der Waals surface area (Å²) in [6.45, 7) is 8.76. The SMILES string of the molecule is [CH]=CN1CCOCC1. The molecule has 0 aromatic carbocycles. The summed E-state index contributed by atoms with van der Waals surface area (Å²) in [5, 5.41) is 0. The van der Waals surface area contributed by atoms with Crippen molar-refractivity contribution < 1.29 is 4.74 Å². The molecule has 0 aliphatic carbocycles. The van der Waals surface area contributed by atoms with Gasteiger partial charge in [-0.25, -0.2) is 0 Å². The van der Waals surface area contributed by atoms with Crippen molar-refractivity contribution in [3.8, 4) is 0 Å². The molecule has 2 nitrogen and oxygen atoms in total. The number of nitrogens with zero attached hydrogens (tertiary/aromatic N) is 1. The number of morpholine rings is 1. The van der Waals surface area contributed by atoms with Gasteiger partial charge in [0, 0.05) is 13.1 Å². The second-order valence-electron chi connectivity index (χ2n) is 1.80. The fraction of sp³-hybridized carbons (Fsp3) is 0.667. The Morgan fingerprint density at radius 2 is 2.00 bits per heavy atom. The lowest BCUT2D eigenvalue weighted by molar-refractivity contribution is 0.0594. The van der Waals surface area contributed by atoms with E-state index in [1.807, 2.05) is 4.90 Å². The largest absolute Gasteiger partial charge is 0.378 e. The van der Waals surface area contributed by atoms with Crippen LogP contribution < -0.4 is 0 Å². The highest BCUT2D eigenvalue weighted by atomic mass is 16.5. The molecule has 0 aromatic heterocycles. The van der Waals surface area contributed by atoms with Crippen LogP contribution in [-0.4, -0.2) is 31.2 Å². The van der Waals surface area contributed by atoms with Gasteiger partial charge in [-0.3, -0.25) is 0 Å². The van der Waals surface area contributed by atoms with Gasteiger partial charge in [-0.1, -0.05) is 0 Å². The van der Waals surface area contributed by atoms with Crippen molar-refractivity contribution in [2.75, 3.05) is 26.3 Å². The van der Waals surface area contributed by atoms with Crippen LogP contribution in [0.1, 0.15) is 0 Å². The van der Waals surface area contributed by atoms with Gasteiger partial charge in [0.2, 0.25) is 0 Å². The minimum atomic E-state index is 0.813. The summed E-state index contributed by atoms with van der Waals surface area (Å²) in [6, 6.07) is 0. The lowest BCUT2D eigenvalue weighted by atomic mass is 10.5. The first-order valence-electron chi connectivity index (χ1n) is 2.80. The lowest BCUT2D eigenvalue weighted by Gasteiger charge is -2.24. The van der Waals surface area contributed by atoms with Crippen LogP contribution in [0.5, 0.6) is 0 Å². The van der Waals surface area contributed by atoms with E-state index in [-0.39, 0.29) is 0 Å². The van der Waals surface area contributed by atoms with Crippen LogP contribution >= 0.6 is 0 Å². The number of rotatable bonds is 1. The van der Waals surface area contributed by atoms with Crippen molar-refractivity contribution in [2.24, 2.45) is 0 Å². The molecule has 0 bridgehead atoms. The van der Waals surface area contributed by atoms with E-state index < -0.39 is 0 Å². The van der Waals surface area contributed by atoms with Gasteiger partial charge >= 0.3 is 0 Å². The molecule has 1 radical (unpaired) electrons. The molecule has 0 aromatic rings. The zero-order chi connectivity index (χ0) is 5.82. The van der Waals surface area contributed by atoms with Crippen molar-refractivity contribution in [1.82, 2.24) is 4.90 Å². The molecule has 2 heteroatoms. The molecular formula is C6H10NO. The molecule has 45 valence electrons. The highest BCUT2D eigenvalue weighted by Crippen LogP contribution is 1.94. The van der Waals surface area contributed by atoms with Gasteiger partial charge in [0.05, 0.1) is 13.2 Å². The van der Waals surface area contributed by atoms with E-state index in [1.54, 1.807) is 6.20 Å². The topological polar surface area (TPSA) is 12.5 Å². The van der Waals surface area contributed by atoms with Crippen molar-refractivity contribution in [3.05, 3.63) is 12.8 Å². The van der Waals surface area contributed by atoms with Gasteiger partial charge in [0.25, 0.3) is 0 Å². The Hall–Kier alpha value is -0.500.